The number of allylic oxidation sites excluding steroid dienone is 3. The summed E-state index contributed by atoms with van der Waals surface area (Å²) in [5, 5.41) is 0. The van der Waals surface area contributed by atoms with E-state index < -0.39 is 10.8 Å². The van der Waals surface area contributed by atoms with Gasteiger partial charge in [-0.05, 0) is 50.0 Å². The summed E-state index contributed by atoms with van der Waals surface area (Å²) < 4.78 is 18.2. The molecule has 5 nitrogen and oxygen atoms in total. The Bertz CT molecular complexity index is 868. The van der Waals surface area contributed by atoms with Crippen molar-refractivity contribution in [3.63, 3.8) is 0 Å². The Labute approximate surface area is 202 Å². The Kier molecular flexibility index (Phi) is 8.78. The lowest BCUT2D eigenvalue weighted by Crippen LogP contribution is -2.43. The predicted molar refractivity (Wildman–Crippen MR) is 139 cm³/mol. The fourth-order valence-corrected chi connectivity index (χ4v) is 6.58. The first-order chi connectivity index (χ1) is 16.2. The summed E-state index contributed by atoms with van der Waals surface area (Å²) in [6.07, 6.45) is 15.8. The van der Waals surface area contributed by atoms with Gasteiger partial charge in [-0.15, -0.1) is 0 Å². The van der Waals surface area contributed by atoms with E-state index >= 15 is 0 Å². The van der Waals surface area contributed by atoms with E-state index in [1.807, 2.05) is 20.0 Å². The van der Waals surface area contributed by atoms with Crippen LogP contribution in [0.1, 0.15) is 59.3 Å². The van der Waals surface area contributed by atoms with E-state index in [1.54, 1.807) is 0 Å². The van der Waals surface area contributed by atoms with Gasteiger partial charge in [-0.1, -0.05) is 44.6 Å². The fraction of sp³-hybridized carbons (Fsp3) is 0.667. The zero-order valence-electron chi connectivity index (χ0n) is 20.7. The highest BCUT2D eigenvalue weighted by Gasteiger charge is 2.32. The van der Waals surface area contributed by atoms with E-state index in [9.17, 15) is 4.21 Å². The van der Waals surface area contributed by atoms with E-state index in [0.29, 0.717) is 12.8 Å². The van der Waals surface area contributed by atoms with Crippen LogP contribution in [0.2, 0.25) is 0 Å². The fourth-order valence-electron chi connectivity index (χ4n) is 5.45. The van der Waals surface area contributed by atoms with Crippen molar-refractivity contribution >= 4 is 16.5 Å². The van der Waals surface area contributed by atoms with Gasteiger partial charge in [0.15, 0.2) is 5.76 Å². The van der Waals surface area contributed by atoms with Gasteiger partial charge in [0.25, 0.3) is 0 Å². The Morgan fingerprint density at radius 3 is 2.67 bits per heavy atom. The van der Waals surface area contributed by atoms with Crippen molar-refractivity contribution in [3.8, 4) is 0 Å². The maximum atomic E-state index is 11.8. The molecule has 0 aromatic carbocycles. The monoisotopic (exact) mass is 471 g/mol. The number of aliphatic imine (C=N–C) groups is 1. The van der Waals surface area contributed by atoms with Gasteiger partial charge in [-0.25, -0.2) is 0 Å². The summed E-state index contributed by atoms with van der Waals surface area (Å²) in [5.41, 5.74) is 5.05. The minimum Gasteiger partial charge on any atom is -0.476 e. The van der Waals surface area contributed by atoms with Gasteiger partial charge < -0.3 is 4.74 Å². The van der Waals surface area contributed by atoms with Crippen LogP contribution < -0.4 is 0 Å². The Balaban J connectivity index is 0.00000126. The Morgan fingerprint density at radius 1 is 1.15 bits per heavy atom. The standard InChI is InChI=1S/C25H35N3O2S.C2H6/c1-19-5-7-23(8-6-19)28-17-22-15-20(16-27-10-12-31(29)13-11-27)14-21-4-2-3-9-26-24(21)25(22)30-18-28;1-2/h3-4,9,15,19,23H,2,5-8,10-14,16-18H2,1H3;1-2H3. The zero-order valence-corrected chi connectivity index (χ0v) is 21.5. The van der Waals surface area contributed by atoms with Crippen molar-refractivity contribution in [1.82, 2.24) is 9.80 Å². The van der Waals surface area contributed by atoms with E-state index in [0.717, 1.165) is 67.9 Å². The third kappa shape index (κ3) is 6.14. The number of nitrogens with zero attached hydrogens (tertiary/aromatic N) is 3. The minimum atomic E-state index is -0.633. The molecule has 0 radical (unpaired) electrons. The van der Waals surface area contributed by atoms with E-state index in [4.69, 9.17) is 9.73 Å². The average Bonchev–Trinajstić information content (AvgIpc) is 3.14. The largest absolute Gasteiger partial charge is 0.476 e. The van der Waals surface area contributed by atoms with E-state index in [2.05, 4.69) is 35.0 Å². The van der Waals surface area contributed by atoms with Crippen LogP contribution in [-0.4, -0.2) is 70.2 Å². The summed E-state index contributed by atoms with van der Waals surface area (Å²) in [6.45, 7) is 10.8. The number of fused-ring (bicyclic) bond motifs is 2. The van der Waals surface area contributed by atoms with Crippen LogP contribution in [0, 0.1) is 5.92 Å². The third-order valence-electron chi connectivity index (χ3n) is 7.36. The number of hydrogen-bond acceptors (Lipinski definition) is 5. The van der Waals surface area contributed by atoms with Crippen LogP contribution in [0.25, 0.3) is 0 Å². The van der Waals surface area contributed by atoms with Gasteiger partial charge in [0.2, 0.25) is 0 Å². The van der Waals surface area contributed by atoms with Crippen LogP contribution in [-0.2, 0) is 15.5 Å². The molecule has 2 fully saturated rings. The second-order valence-corrected chi connectivity index (χ2v) is 11.4. The summed E-state index contributed by atoms with van der Waals surface area (Å²) in [6, 6.07) is 0.633. The summed E-state index contributed by atoms with van der Waals surface area (Å²) >= 11 is 0. The molecule has 0 unspecified atom stereocenters. The molecule has 2 aliphatic carbocycles. The smallest absolute Gasteiger partial charge is 0.151 e. The highest BCUT2D eigenvalue weighted by Crippen LogP contribution is 2.34. The molecule has 0 spiro atoms. The van der Waals surface area contributed by atoms with Crippen molar-refractivity contribution in [3.05, 3.63) is 46.9 Å². The number of rotatable bonds is 3. The lowest BCUT2D eigenvalue weighted by atomic mass is 9.86. The molecule has 182 valence electrons. The van der Waals surface area contributed by atoms with Gasteiger partial charge >= 0.3 is 0 Å². The van der Waals surface area contributed by atoms with Crippen LogP contribution >= 0.6 is 0 Å². The van der Waals surface area contributed by atoms with E-state index in [-0.39, 0.29) is 0 Å². The average molecular weight is 472 g/mol. The quantitative estimate of drug-likeness (QED) is 0.592. The molecule has 5 aliphatic rings. The van der Waals surface area contributed by atoms with Crippen molar-refractivity contribution in [1.29, 1.82) is 0 Å². The predicted octanol–water partition coefficient (Wildman–Crippen LogP) is 4.81. The molecular formula is C27H41N3O2S. The zero-order chi connectivity index (χ0) is 23.2. The van der Waals surface area contributed by atoms with Gasteiger partial charge in [0.05, 0.1) is 0 Å². The normalized spacial score (nSPS) is 29.2. The molecule has 0 amide bonds. The lowest BCUT2D eigenvalue weighted by Gasteiger charge is -2.39. The summed E-state index contributed by atoms with van der Waals surface area (Å²) in [5.74, 6) is 3.46. The topological polar surface area (TPSA) is 45.1 Å². The van der Waals surface area contributed by atoms with Crippen LogP contribution in [0.5, 0.6) is 0 Å². The van der Waals surface area contributed by atoms with Crippen LogP contribution in [0.4, 0.5) is 0 Å². The van der Waals surface area contributed by atoms with Gasteiger partial charge in [0, 0.05) is 66.3 Å². The van der Waals surface area contributed by atoms with Crippen molar-refractivity contribution in [2.24, 2.45) is 10.9 Å². The molecule has 33 heavy (non-hydrogen) atoms. The SMILES string of the molecule is CC.CC1CCC(N2COC3=C(C=C(CN4CCS(=O)CC4)CC4=CCC=CN=C43)C2)CC1. The second kappa shape index (κ2) is 11.8. The molecule has 5 rings (SSSR count). The second-order valence-electron chi connectivity index (χ2n) is 9.72. The molecule has 0 aromatic rings. The molecule has 0 N–H and O–H groups in total. The first-order valence-electron chi connectivity index (χ1n) is 12.9. The van der Waals surface area contributed by atoms with Gasteiger partial charge in [-0.2, -0.15) is 0 Å². The molecule has 1 saturated heterocycles. The summed E-state index contributed by atoms with van der Waals surface area (Å²) in [7, 11) is -0.633. The van der Waals surface area contributed by atoms with Crippen LogP contribution in [0.3, 0.4) is 0 Å². The van der Waals surface area contributed by atoms with Crippen LogP contribution in [0.15, 0.2) is 51.9 Å². The minimum absolute atomic E-state index is 0.633. The maximum Gasteiger partial charge on any atom is 0.151 e. The molecule has 1 saturated carbocycles. The molecule has 6 heteroatoms. The number of ether oxygens (including phenoxy) is 1. The highest BCUT2D eigenvalue weighted by molar-refractivity contribution is 7.85. The first kappa shape index (κ1) is 24.6. The summed E-state index contributed by atoms with van der Waals surface area (Å²) in [4.78, 5) is 9.82. The Hall–Kier alpha value is -1.50. The lowest BCUT2D eigenvalue weighted by molar-refractivity contribution is 0.0206. The molecular weight excluding hydrogens is 430 g/mol. The Morgan fingerprint density at radius 2 is 1.91 bits per heavy atom. The van der Waals surface area contributed by atoms with Gasteiger partial charge in [-0.3, -0.25) is 19.0 Å². The van der Waals surface area contributed by atoms with Crippen molar-refractivity contribution in [2.45, 2.75) is 65.3 Å². The van der Waals surface area contributed by atoms with Crippen molar-refractivity contribution in [2.75, 3.05) is 44.4 Å². The molecule has 0 aromatic heterocycles. The number of hydrogen-bond donors (Lipinski definition) is 0. The molecule has 0 atom stereocenters. The third-order valence-corrected chi connectivity index (χ3v) is 8.64. The first-order valence-corrected chi connectivity index (χ1v) is 14.4. The van der Waals surface area contributed by atoms with Gasteiger partial charge in [0.1, 0.15) is 12.4 Å². The van der Waals surface area contributed by atoms with E-state index in [1.165, 1.54) is 42.4 Å². The van der Waals surface area contributed by atoms with Crippen molar-refractivity contribution < 1.29 is 8.95 Å². The highest BCUT2D eigenvalue weighted by atomic mass is 32.2. The molecule has 3 aliphatic heterocycles. The molecule has 3 heterocycles. The molecule has 0 bridgehead atoms. The maximum absolute atomic E-state index is 11.8.